The van der Waals surface area contributed by atoms with Crippen molar-refractivity contribution in [2.75, 3.05) is 18.9 Å². The number of amides is 1. The van der Waals surface area contributed by atoms with E-state index in [4.69, 9.17) is 5.73 Å². The van der Waals surface area contributed by atoms with Crippen molar-refractivity contribution in [1.29, 1.82) is 0 Å². The minimum atomic E-state index is -0.247. The molecule has 0 aliphatic carbocycles. The number of nitrogens with two attached hydrogens (primary N) is 1. The van der Waals surface area contributed by atoms with Gasteiger partial charge in [0.1, 0.15) is 0 Å². The zero-order chi connectivity index (χ0) is 15.2. The highest BCUT2D eigenvalue weighted by Crippen LogP contribution is 2.25. The molecule has 1 unspecified atom stereocenters. The Bertz CT molecular complexity index is 434. The van der Waals surface area contributed by atoms with Crippen molar-refractivity contribution in [3.8, 4) is 0 Å². The van der Waals surface area contributed by atoms with Gasteiger partial charge in [0.2, 0.25) is 5.91 Å². The first-order valence-corrected chi connectivity index (χ1v) is 7.22. The smallest absolute Gasteiger partial charge is 0.227 e. The van der Waals surface area contributed by atoms with Crippen LogP contribution in [0.15, 0.2) is 24.3 Å². The quantitative estimate of drug-likeness (QED) is 0.670. The molecule has 1 aromatic rings. The molecule has 4 N–H and O–H groups in total. The Kier molecular flexibility index (Phi) is 6.02. The van der Waals surface area contributed by atoms with Crippen molar-refractivity contribution in [3.05, 3.63) is 29.8 Å². The molecule has 0 fully saturated rings. The SMILES string of the molecule is CCC(CC)(CO)CNC(=O)C(C)c1cccc(N)c1. The van der Waals surface area contributed by atoms with Gasteiger partial charge in [-0.3, -0.25) is 4.79 Å². The highest BCUT2D eigenvalue weighted by molar-refractivity contribution is 5.83. The number of hydrogen-bond donors (Lipinski definition) is 3. The molecule has 1 aromatic carbocycles. The van der Waals surface area contributed by atoms with Crippen LogP contribution >= 0.6 is 0 Å². The lowest BCUT2D eigenvalue weighted by Gasteiger charge is -2.30. The van der Waals surface area contributed by atoms with E-state index in [0.29, 0.717) is 12.2 Å². The molecule has 0 aliphatic rings. The minimum Gasteiger partial charge on any atom is -0.399 e. The second kappa shape index (κ2) is 7.29. The number of aliphatic hydroxyl groups is 1. The van der Waals surface area contributed by atoms with Crippen molar-refractivity contribution in [2.24, 2.45) is 5.41 Å². The van der Waals surface area contributed by atoms with Gasteiger partial charge >= 0.3 is 0 Å². The lowest BCUT2D eigenvalue weighted by atomic mass is 9.83. The summed E-state index contributed by atoms with van der Waals surface area (Å²) in [6, 6.07) is 7.38. The number of rotatable bonds is 7. The molecule has 0 saturated carbocycles. The zero-order valence-electron chi connectivity index (χ0n) is 12.6. The lowest BCUT2D eigenvalue weighted by molar-refractivity contribution is -0.122. The second-order valence-electron chi connectivity index (χ2n) is 5.47. The standard InChI is InChI=1S/C16H26N2O2/c1-4-16(5-2,11-19)10-18-15(20)12(3)13-7-6-8-14(17)9-13/h6-9,12,19H,4-5,10-11,17H2,1-3H3,(H,18,20). The fourth-order valence-corrected chi connectivity index (χ4v) is 2.19. The lowest BCUT2D eigenvalue weighted by Crippen LogP contribution is -2.40. The van der Waals surface area contributed by atoms with E-state index in [1.54, 1.807) is 6.07 Å². The van der Waals surface area contributed by atoms with Crippen LogP contribution in [0.2, 0.25) is 0 Å². The Morgan fingerprint density at radius 1 is 1.40 bits per heavy atom. The van der Waals surface area contributed by atoms with Gasteiger partial charge in [0.25, 0.3) is 0 Å². The number of hydrogen-bond acceptors (Lipinski definition) is 3. The predicted octanol–water partition coefficient (Wildman–Crippen LogP) is 2.29. The maximum Gasteiger partial charge on any atom is 0.227 e. The van der Waals surface area contributed by atoms with Crippen LogP contribution in [0.5, 0.6) is 0 Å². The van der Waals surface area contributed by atoms with E-state index in [0.717, 1.165) is 18.4 Å². The molecule has 20 heavy (non-hydrogen) atoms. The molecule has 0 spiro atoms. The van der Waals surface area contributed by atoms with E-state index < -0.39 is 0 Å². The summed E-state index contributed by atoms with van der Waals surface area (Å²) >= 11 is 0. The number of aliphatic hydroxyl groups excluding tert-OH is 1. The first-order valence-electron chi connectivity index (χ1n) is 7.22. The molecular formula is C16H26N2O2. The Morgan fingerprint density at radius 3 is 2.55 bits per heavy atom. The molecule has 1 atom stereocenters. The average Bonchev–Trinajstić information content (AvgIpc) is 2.48. The largest absolute Gasteiger partial charge is 0.399 e. The summed E-state index contributed by atoms with van der Waals surface area (Å²) in [5.41, 5.74) is 7.09. The van der Waals surface area contributed by atoms with Crippen molar-refractivity contribution in [2.45, 2.75) is 39.5 Å². The molecule has 0 radical (unpaired) electrons. The van der Waals surface area contributed by atoms with Crippen LogP contribution in [0.1, 0.15) is 45.1 Å². The van der Waals surface area contributed by atoms with Crippen LogP contribution in [0.4, 0.5) is 5.69 Å². The summed E-state index contributed by atoms with van der Waals surface area (Å²) in [7, 11) is 0. The summed E-state index contributed by atoms with van der Waals surface area (Å²) in [6.45, 7) is 6.53. The summed E-state index contributed by atoms with van der Waals surface area (Å²) in [5.74, 6) is -0.279. The van der Waals surface area contributed by atoms with Crippen molar-refractivity contribution < 1.29 is 9.90 Å². The van der Waals surface area contributed by atoms with Crippen LogP contribution < -0.4 is 11.1 Å². The predicted molar refractivity (Wildman–Crippen MR) is 82.4 cm³/mol. The maximum atomic E-state index is 12.2. The molecule has 4 heteroatoms. The first kappa shape index (κ1) is 16.5. The monoisotopic (exact) mass is 278 g/mol. The molecule has 1 amide bonds. The van der Waals surface area contributed by atoms with Gasteiger partial charge in [0.15, 0.2) is 0 Å². The maximum absolute atomic E-state index is 12.2. The van der Waals surface area contributed by atoms with Gasteiger partial charge in [-0.15, -0.1) is 0 Å². The van der Waals surface area contributed by atoms with Crippen molar-refractivity contribution in [1.82, 2.24) is 5.32 Å². The molecule has 4 nitrogen and oxygen atoms in total. The van der Waals surface area contributed by atoms with Crippen LogP contribution in [0.3, 0.4) is 0 Å². The highest BCUT2D eigenvalue weighted by atomic mass is 16.3. The number of benzene rings is 1. The fourth-order valence-electron chi connectivity index (χ4n) is 2.19. The second-order valence-corrected chi connectivity index (χ2v) is 5.47. The van der Waals surface area contributed by atoms with E-state index in [-0.39, 0.29) is 23.8 Å². The van der Waals surface area contributed by atoms with E-state index in [9.17, 15) is 9.90 Å². The molecular weight excluding hydrogens is 252 g/mol. The third kappa shape index (κ3) is 3.97. The molecule has 1 rings (SSSR count). The molecule has 0 heterocycles. The van der Waals surface area contributed by atoms with Gasteiger partial charge in [-0.05, 0) is 37.5 Å². The Hall–Kier alpha value is -1.55. The van der Waals surface area contributed by atoms with Gasteiger partial charge < -0.3 is 16.2 Å². The van der Waals surface area contributed by atoms with E-state index in [1.165, 1.54) is 0 Å². The number of nitrogen functional groups attached to an aromatic ring is 1. The normalized spacial score (nSPS) is 13.0. The topological polar surface area (TPSA) is 75.3 Å². The van der Waals surface area contributed by atoms with Crippen molar-refractivity contribution in [3.63, 3.8) is 0 Å². The van der Waals surface area contributed by atoms with E-state index >= 15 is 0 Å². The molecule has 0 aromatic heterocycles. The third-order valence-corrected chi connectivity index (χ3v) is 4.28. The van der Waals surface area contributed by atoms with Crippen molar-refractivity contribution >= 4 is 11.6 Å². The minimum absolute atomic E-state index is 0.0321. The Balaban J connectivity index is 2.67. The molecule has 0 saturated heterocycles. The van der Waals surface area contributed by atoms with Crippen LogP contribution in [-0.4, -0.2) is 24.2 Å². The highest BCUT2D eigenvalue weighted by Gasteiger charge is 2.27. The zero-order valence-corrected chi connectivity index (χ0v) is 12.6. The Labute approximate surface area is 121 Å². The van der Waals surface area contributed by atoms with Crippen LogP contribution in [-0.2, 0) is 4.79 Å². The van der Waals surface area contributed by atoms with Gasteiger partial charge in [-0.25, -0.2) is 0 Å². The number of carbonyl (C=O) groups is 1. The summed E-state index contributed by atoms with van der Waals surface area (Å²) in [6.07, 6.45) is 1.68. The summed E-state index contributed by atoms with van der Waals surface area (Å²) in [5, 5.41) is 12.5. The van der Waals surface area contributed by atoms with Gasteiger partial charge in [0, 0.05) is 17.6 Å². The van der Waals surface area contributed by atoms with Crippen LogP contribution in [0.25, 0.3) is 0 Å². The van der Waals surface area contributed by atoms with Crippen LogP contribution in [0, 0.1) is 5.41 Å². The van der Waals surface area contributed by atoms with E-state index in [1.807, 2.05) is 39.0 Å². The molecule has 0 bridgehead atoms. The number of carbonyl (C=O) groups excluding carboxylic acids is 1. The summed E-state index contributed by atoms with van der Waals surface area (Å²) in [4.78, 5) is 12.2. The fraction of sp³-hybridized carbons (Fsp3) is 0.562. The van der Waals surface area contributed by atoms with E-state index in [2.05, 4.69) is 5.32 Å². The summed E-state index contributed by atoms with van der Waals surface area (Å²) < 4.78 is 0. The number of nitrogens with one attached hydrogen (secondary N) is 1. The van der Waals surface area contributed by atoms with Gasteiger partial charge in [0.05, 0.1) is 12.5 Å². The average molecular weight is 278 g/mol. The first-order chi connectivity index (χ1) is 9.48. The number of anilines is 1. The molecule has 0 aliphatic heterocycles. The van der Waals surface area contributed by atoms with Gasteiger partial charge in [-0.2, -0.15) is 0 Å². The third-order valence-electron chi connectivity index (χ3n) is 4.28. The Morgan fingerprint density at radius 2 is 2.05 bits per heavy atom. The van der Waals surface area contributed by atoms with Gasteiger partial charge in [-0.1, -0.05) is 26.0 Å². The molecule has 112 valence electrons.